The highest BCUT2D eigenvalue weighted by Crippen LogP contribution is 2.33. The number of hydrogen-bond donors (Lipinski definition) is 3. The lowest BCUT2D eigenvalue weighted by atomic mass is 9.90. The molecular formula is C10H16F3NO3. The van der Waals surface area contributed by atoms with E-state index in [2.05, 4.69) is 5.32 Å². The number of carboxylic acids is 1. The number of alkyl halides is 3. The second-order valence-electron chi connectivity index (χ2n) is 4.85. The van der Waals surface area contributed by atoms with Crippen molar-refractivity contribution in [1.82, 2.24) is 5.32 Å². The van der Waals surface area contributed by atoms with Crippen LogP contribution in [0, 0.1) is 0 Å². The Morgan fingerprint density at radius 3 is 1.94 bits per heavy atom. The number of nitrogens with one attached hydrogen (secondary N) is 1. The van der Waals surface area contributed by atoms with Crippen LogP contribution in [0.1, 0.15) is 32.6 Å². The lowest BCUT2D eigenvalue weighted by Crippen LogP contribution is -2.46. The number of carboxylic acid groups (broad SMARTS) is 1. The molecular weight excluding hydrogens is 239 g/mol. The summed E-state index contributed by atoms with van der Waals surface area (Å²) in [4.78, 5) is 8.90. The number of aliphatic carboxylic acids is 1. The van der Waals surface area contributed by atoms with Gasteiger partial charge in [0.1, 0.15) is 0 Å². The Morgan fingerprint density at radius 1 is 1.29 bits per heavy atom. The third kappa shape index (κ3) is 4.51. The molecule has 2 fully saturated rings. The van der Waals surface area contributed by atoms with E-state index in [1.54, 1.807) is 0 Å². The SMILES string of the molecule is C[C@]1(O)C[C@H]2CC[C@@H](C1)N2.O=C(O)C(F)(F)F. The standard InChI is InChI=1S/C8H15NO.C2HF3O2/c1-8(10)4-6-2-3-7(5-8)9-6;3-2(4,5)1(6)7/h6-7,9-10H,2-5H2,1H3;(H,6,7)/t6-,7+,8+;. The van der Waals surface area contributed by atoms with Crippen molar-refractivity contribution in [3.63, 3.8) is 0 Å². The predicted octanol–water partition coefficient (Wildman–Crippen LogP) is 1.29. The molecule has 2 bridgehead atoms. The molecule has 0 spiro atoms. The summed E-state index contributed by atoms with van der Waals surface area (Å²) in [5.74, 6) is -2.76. The molecule has 4 nitrogen and oxygen atoms in total. The number of aliphatic hydroxyl groups is 1. The van der Waals surface area contributed by atoms with Gasteiger partial charge in [-0.2, -0.15) is 13.2 Å². The van der Waals surface area contributed by atoms with Crippen LogP contribution < -0.4 is 5.32 Å². The van der Waals surface area contributed by atoms with Crippen LogP contribution in [0.25, 0.3) is 0 Å². The van der Waals surface area contributed by atoms with E-state index >= 15 is 0 Å². The zero-order valence-electron chi connectivity index (χ0n) is 9.42. The predicted molar refractivity (Wildman–Crippen MR) is 53.5 cm³/mol. The summed E-state index contributed by atoms with van der Waals surface area (Å²) in [5.41, 5.74) is -0.378. The molecule has 0 radical (unpaired) electrons. The average Bonchev–Trinajstić information content (AvgIpc) is 2.44. The van der Waals surface area contributed by atoms with Gasteiger partial charge in [-0.1, -0.05) is 0 Å². The van der Waals surface area contributed by atoms with Crippen LogP contribution in [0.2, 0.25) is 0 Å². The smallest absolute Gasteiger partial charge is 0.475 e. The van der Waals surface area contributed by atoms with Crippen LogP contribution in [-0.4, -0.2) is 40.0 Å². The van der Waals surface area contributed by atoms with Gasteiger partial charge >= 0.3 is 12.1 Å². The minimum Gasteiger partial charge on any atom is -0.475 e. The largest absolute Gasteiger partial charge is 0.490 e. The summed E-state index contributed by atoms with van der Waals surface area (Å²) >= 11 is 0. The summed E-state index contributed by atoms with van der Waals surface area (Å²) in [6.07, 6.45) is -0.658. The third-order valence-electron chi connectivity index (χ3n) is 2.95. The fourth-order valence-corrected chi connectivity index (χ4v) is 2.37. The van der Waals surface area contributed by atoms with E-state index in [4.69, 9.17) is 9.90 Å². The minimum absolute atomic E-state index is 0.378. The lowest BCUT2D eigenvalue weighted by molar-refractivity contribution is -0.192. The van der Waals surface area contributed by atoms with Crippen LogP contribution in [0.3, 0.4) is 0 Å². The lowest BCUT2D eigenvalue weighted by Gasteiger charge is -2.33. The first-order valence-electron chi connectivity index (χ1n) is 5.39. The first-order chi connectivity index (χ1) is 7.60. The molecule has 2 aliphatic rings. The van der Waals surface area contributed by atoms with Gasteiger partial charge < -0.3 is 15.5 Å². The van der Waals surface area contributed by atoms with Crippen molar-refractivity contribution in [3.05, 3.63) is 0 Å². The Kier molecular flexibility index (Phi) is 4.03. The second-order valence-corrected chi connectivity index (χ2v) is 4.85. The van der Waals surface area contributed by atoms with Crippen LogP contribution >= 0.6 is 0 Å². The van der Waals surface area contributed by atoms with Crippen molar-refractivity contribution in [2.45, 2.75) is 56.5 Å². The Labute approximate surface area is 96.8 Å². The van der Waals surface area contributed by atoms with E-state index in [0.29, 0.717) is 12.1 Å². The van der Waals surface area contributed by atoms with Crippen LogP contribution in [0.15, 0.2) is 0 Å². The van der Waals surface area contributed by atoms with Crippen LogP contribution in [-0.2, 0) is 4.79 Å². The summed E-state index contributed by atoms with van der Waals surface area (Å²) < 4.78 is 31.7. The number of piperidine rings is 1. The molecule has 0 saturated carbocycles. The molecule has 0 aromatic carbocycles. The molecule has 0 aromatic heterocycles. The van der Waals surface area contributed by atoms with Gasteiger partial charge in [-0.05, 0) is 32.6 Å². The highest BCUT2D eigenvalue weighted by Gasteiger charge is 2.39. The second kappa shape index (κ2) is 4.81. The van der Waals surface area contributed by atoms with Crippen molar-refractivity contribution >= 4 is 5.97 Å². The molecule has 3 atom stereocenters. The summed E-state index contributed by atoms with van der Waals surface area (Å²) in [7, 11) is 0. The summed E-state index contributed by atoms with van der Waals surface area (Å²) in [6, 6.07) is 1.21. The topological polar surface area (TPSA) is 69.6 Å². The first kappa shape index (κ1) is 14.2. The van der Waals surface area contributed by atoms with E-state index in [1.807, 2.05) is 6.92 Å². The number of carbonyl (C=O) groups is 1. The number of rotatable bonds is 0. The Balaban J connectivity index is 0.000000185. The van der Waals surface area contributed by atoms with E-state index in [-0.39, 0.29) is 5.60 Å². The van der Waals surface area contributed by atoms with Gasteiger partial charge in [0.2, 0.25) is 0 Å². The van der Waals surface area contributed by atoms with Gasteiger partial charge in [-0.15, -0.1) is 0 Å². The number of halogens is 3. The van der Waals surface area contributed by atoms with Crippen molar-refractivity contribution in [1.29, 1.82) is 0 Å². The number of fused-ring (bicyclic) bond motifs is 2. The normalized spacial score (nSPS) is 36.1. The molecule has 0 amide bonds. The van der Waals surface area contributed by atoms with Gasteiger partial charge in [-0.3, -0.25) is 0 Å². The van der Waals surface area contributed by atoms with Crippen LogP contribution in [0.5, 0.6) is 0 Å². The quantitative estimate of drug-likeness (QED) is 0.610. The molecule has 2 rings (SSSR count). The fraction of sp³-hybridized carbons (Fsp3) is 0.900. The zero-order chi connectivity index (χ0) is 13.3. The van der Waals surface area contributed by atoms with E-state index in [9.17, 15) is 18.3 Å². The Morgan fingerprint density at radius 2 is 1.65 bits per heavy atom. The van der Waals surface area contributed by atoms with Gasteiger partial charge in [0.05, 0.1) is 5.60 Å². The zero-order valence-corrected chi connectivity index (χ0v) is 9.42. The molecule has 0 aromatic rings. The molecule has 0 aliphatic carbocycles. The minimum atomic E-state index is -5.08. The Bertz CT molecular complexity index is 277. The van der Waals surface area contributed by atoms with Gasteiger partial charge in [-0.25, -0.2) is 4.79 Å². The molecule has 7 heteroatoms. The summed E-state index contributed by atoms with van der Waals surface area (Å²) in [5, 5.41) is 20.3. The van der Waals surface area contributed by atoms with Crippen molar-refractivity contribution < 1.29 is 28.2 Å². The Hall–Kier alpha value is -0.820. The highest BCUT2D eigenvalue weighted by atomic mass is 19.4. The monoisotopic (exact) mass is 255 g/mol. The molecule has 0 unspecified atom stereocenters. The maximum Gasteiger partial charge on any atom is 0.490 e. The van der Waals surface area contributed by atoms with Gasteiger partial charge in [0, 0.05) is 12.1 Å². The fourth-order valence-electron chi connectivity index (χ4n) is 2.37. The molecule has 2 aliphatic heterocycles. The molecule has 17 heavy (non-hydrogen) atoms. The van der Waals surface area contributed by atoms with Crippen molar-refractivity contribution in [3.8, 4) is 0 Å². The van der Waals surface area contributed by atoms with E-state index in [0.717, 1.165) is 12.8 Å². The number of hydrogen-bond acceptors (Lipinski definition) is 3. The van der Waals surface area contributed by atoms with Crippen LogP contribution in [0.4, 0.5) is 13.2 Å². The van der Waals surface area contributed by atoms with E-state index in [1.165, 1.54) is 12.8 Å². The van der Waals surface area contributed by atoms with Crippen molar-refractivity contribution in [2.75, 3.05) is 0 Å². The molecule has 2 heterocycles. The van der Waals surface area contributed by atoms with Gasteiger partial charge in [0.15, 0.2) is 0 Å². The average molecular weight is 255 g/mol. The highest BCUT2D eigenvalue weighted by molar-refractivity contribution is 5.73. The molecule has 2 saturated heterocycles. The van der Waals surface area contributed by atoms with Crippen molar-refractivity contribution in [2.24, 2.45) is 0 Å². The molecule has 100 valence electrons. The maximum atomic E-state index is 10.6. The maximum absolute atomic E-state index is 10.6. The molecule has 3 N–H and O–H groups in total. The third-order valence-corrected chi connectivity index (χ3v) is 2.95. The van der Waals surface area contributed by atoms with Gasteiger partial charge in [0.25, 0.3) is 0 Å². The first-order valence-corrected chi connectivity index (χ1v) is 5.39. The summed E-state index contributed by atoms with van der Waals surface area (Å²) in [6.45, 7) is 1.96. The van der Waals surface area contributed by atoms with E-state index < -0.39 is 12.1 Å².